The average molecular weight is 389 g/mol. The molecular weight excluding hydrogens is 366 g/mol. The van der Waals surface area contributed by atoms with Gasteiger partial charge in [0.25, 0.3) is 5.91 Å². The lowest BCUT2D eigenvalue weighted by molar-refractivity contribution is -0.123. The van der Waals surface area contributed by atoms with E-state index in [1.807, 2.05) is 49.4 Å². The molecule has 0 aliphatic heterocycles. The van der Waals surface area contributed by atoms with Crippen LogP contribution in [-0.2, 0) is 4.79 Å². The summed E-state index contributed by atoms with van der Waals surface area (Å²) in [7, 11) is 1.55. The summed E-state index contributed by atoms with van der Waals surface area (Å²) in [6.07, 6.45) is -0.899. The first-order chi connectivity index (χ1) is 14.0. The van der Waals surface area contributed by atoms with E-state index in [1.165, 1.54) is 6.92 Å². The Bertz CT molecular complexity index is 1010. The summed E-state index contributed by atoms with van der Waals surface area (Å²) in [6, 6.07) is 21.6. The molecule has 0 heterocycles. The summed E-state index contributed by atoms with van der Waals surface area (Å²) in [5.41, 5.74) is 2.78. The molecule has 0 saturated carbocycles. The molecule has 5 heteroatoms. The van der Waals surface area contributed by atoms with Gasteiger partial charge in [-0.15, -0.1) is 0 Å². The average Bonchev–Trinajstić information content (AvgIpc) is 2.73. The number of amides is 1. The maximum absolute atomic E-state index is 13.2. The number of carbonyl (C=O) groups excluding carboxylic acids is 2. The van der Waals surface area contributed by atoms with E-state index in [0.717, 1.165) is 5.56 Å². The lowest BCUT2D eigenvalue weighted by Gasteiger charge is -2.20. The van der Waals surface area contributed by atoms with Gasteiger partial charge in [0.1, 0.15) is 11.5 Å². The molecule has 29 heavy (non-hydrogen) atoms. The van der Waals surface area contributed by atoms with E-state index in [4.69, 9.17) is 9.47 Å². The van der Waals surface area contributed by atoms with E-state index in [9.17, 15) is 9.59 Å². The molecule has 3 rings (SSSR count). The summed E-state index contributed by atoms with van der Waals surface area (Å²) in [5.74, 6) is 0.598. The Kier molecular flexibility index (Phi) is 6.29. The van der Waals surface area contributed by atoms with Crippen molar-refractivity contribution in [3.63, 3.8) is 0 Å². The third-order valence-corrected chi connectivity index (χ3v) is 4.45. The maximum Gasteiger partial charge on any atom is 0.270 e. The molecule has 0 radical (unpaired) electrons. The van der Waals surface area contributed by atoms with Crippen molar-refractivity contribution in [3.05, 3.63) is 89.5 Å². The molecule has 3 aromatic rings. The van der Waals surface area contributed by atoms with Crippen molar-refractivity contribution >= 4 is 17.4 Å². The van der Waals surface area contributed by atoms with Gasteiger partial charge in [-0.05, 0) is 43.7 Å². The molecule has 5 nitrogen and oxygen atoms in total. The van der Waals surface area contributed by atoms with Crippen molar-refractivity contribution in [1.82, 2.24) is 0 Å². The third-order valence-electron chi connectivity index (χ3n) is 4.45. The largest absolute Gasteiger partial charge is 0.495 e. The summed E-state index contributed by atoms with van der Waals surface area (Å²) in [6.45, 7) is 3.43. The van der Waals surface area contributed by atoms with Crippen LogP contribution in [0.5, 0.6) is 11.5 Å². The van der Waals surface area contributed by atoms with Crippen molar-refractivity contribution in [2.24, 2.45) is 0 Å². The number of ether oxygens (including phenoxy) is 2. The van der Waals surface area contributed by atoms with Crippen molar-refractivity contribution in [2.75, 3.05) is 12.4 Å². The van der Waals surface area contributed by atoms with Gasteiger partial charge in [-0.3, -0.25) is 9.59 Å². The Morgan fingerprint density at radius 2 is 1.69 bits per heavy atom. The van der Waals surface area contributed by atoms with E-state index >= 15 is 0 Å². The fraction of sp³-hybridized carbons (Fsp3) is 0.167. The van der Waals surface area contributed by atoms with Crippen LogP contribution in [0.4, 0.5) is 5.69 Å². The number of hydrogen-bond donors (Lipinski definition) is 1. The second-order valence-electron chi connectivity index (χ2n) is 6.69. The highest BCUT2D eigenvalue weighted by atomic mass is 16.5. The quantitative estimate of drug-likeness (QED) is 0.580. The zero-order chi connectivity index (χ0) is 20.8. The second kappa shape index (κ2) is 9.06. The molecule has 1 amide bonds. The van der Waals surface area contributed by atoms with Crippen LogP contribution in [0.1, 0.15) is 34.5 Å². The molecule has 0 fully saturated rings. The first-order valence-electron chi connectivity index (χ1n) is 9.26. The first-order valence-corrected chi connectivity index (χ1v) is 9.26. The van der Waals surface area contributed by atoms with E-state index in [2.05, 4.69) is 5.32 Å². The number of rotatable bonds is 7. The van der Waals surface area contributed by atoms with E-state index < -0.39 is 6.10 Å². The van der Waals surface area contributed by atoms with Crippen molar-refractivity contribution in [2.45, 2.75) is 20.0 Å². The van der Waals surface area contributed by atoms with Crippen LogP contribution in [0.2, 0.25) is 0 Å². The first kappa shape index (κ1) is 20.1. The molecule has 0 unspecified atom stereocenters. The van der Waals surface area contributed by atoms with Gasteiger partial charge < -0.3 is 14.8 Å². The van der Waals surface area contributed by atoms with Gasteiger partial charge in [0.2, 0.25) is 6.10 Å². The molecular formula is C24H23NO4. The number of benzene rings is 3. The van der Waals surface area contributed by atoms with Crippen LogP contribution >= 0.6 is 0 Å². The fourth-order valence-electron chi connectivity index (χ4n) is 2.94. The van der Waals surface area contributed by atoms with Crippen LogP contribution < -0.4 is 14.8 Å². The molecule has 0 saturated heterocycles. The monoisotopic (exact) mass is 389 g/mol. The SMILES string of the molecule is COc1ccc(C)cc1NC(=O)[C@@H](Oc1cccc(C(C)=O)c1)c1ccccc1. The summed E-state index contributed by atoms with van der Waals surface area (Å²) in [5, 5.41) is 2.90. The number of carbonyl (C=O) groups is 2. The number of anilines is 1. The van der Waals surface area contributed by atoms with Crippen LogP contribution in [0.25, 0.3) is 0 Å². The molecule has 0 bridgehead atoms. The number of nitrogens with one attached hydrogen (secondary N) is 1. The molecule has 0 aliphatic rings. The third kappa shape index (κ3) is 5.02. The van der Waals surface area contributed by atoms with E-state index in [-0.39, 0.29) is 11.7 Å². The van der Waals surface area contributed by atoms with Crippen LogP contribution in [-0.4, -0.2) is 18.8 Å². The number of hydrogen-bond acceptors (Lipinski definition) is 4. The normalized spacial score (nSPS) is 11.4. The molecule has 148 valence electrons. The minimum atomic E-state index is -0.899. The Morgan fingerprint density at radius 1 is 0.931 bits per heavy atom. The van der Waals surface area contributed by atoms with Crippen molar-refractivity contribution in [1.29, 1.82) is 0 Å². The molecule has 0 aliphatic carbocycles. The molecule has 0 spiro atoms. The van der Waals surface area contributed by atoms with Gasteiger partial charge in [-0.25, -0.2) is 0 Å². The van der Waals surface area contributed by atoms with Crippen molar-refractivity contribution < 1.29 is 19.1 Å². The standard InChI is InChI=1S/C24H23NO4/c1-16-12-13-22(28-3)21(14-16)25-24(27)23(18-8-5-4-6-9-18)29-20-11-7-10-19(15-20)17(2)26/h4-15,23H,1-3H3,(H,25,27)/t23-/m0/s1. The second-order valence-corrected chi connectivity index (χ2v) is 6.69. The highest BCUT2D eigenvalue weighted by Crippen LogP contribution is 2.29. The minimum Gasteiger partial charge on any atom is -0.495 e. The number of methoxy groups -OCH3 is 1. The fourth-order valence-corrected chi connectivity index (χ4v) is 2.94. The van der Waals surface area contributed by atoms with Crippen LogP contribution in [0.3, 0.4) is 0 Å². The van der Waals surface area contributed by atoms with E-state index in [1.54, 1.807) is 37.4 Å². The van der Waals surface area contributed by atoms with E-state index in [0.29, 0.717) is 28.3 Å². The summed E-state index contributed by atoms with van der Waals surface area (Å²) >= 11 is 0. The zero-order valence-electron chi connectivity index (χ0n) is 16.6. The molecule has 1 N–H and O–H groups in total. The highest BCUT2D eigenvalue weighted by molar-refractivity contribution is 5.97. The van der Waals surface area contributed by atoms with Crippen LogP contribution in [0.15, 0.2) is 72.8 Å². The Labute approximate surface area is 170 Å². The zero-order valence-corrected chi connectivity index (χ0v) is 16.6. The topological polar surface area (TPSA) is 64.6 Å². The van der Waals surface area contributed by atoms with Gasteiger partial charge in [-0.2, -0.15) is 0 Å². The van der Waals surface area contributed by atoms with Gasteiger partial charge in [-0.1, -0.05) is 48.5 Å². The lowest BCUT2D eigenvalue weighted by atomic mass is 10.1. The smallest absolute Gasteiger partial charge is 0.270 e. The highest BCUT2D eigenvalue weighted by Gasteiger charge is 2.24. The van der Waals surface area contributed by atoms with Crippen molar-refractivity contribution in [3.8, 4) is 11.5 Å². The number of ketones is 1. The predicted octanol–water partition coefficient (Wildman–Crippen LogP) is 4.97. The van der Waals surface area contributed by atoms with Gasteiger partial charge in [0.15, 0.2) is 5.78 Å². The Morgan fingerprint density at radius 3 is 2.38 bits per heavy atom. The predicted molar refractivity (Wildman–Crippen MR) is 113 cm³/mol. The summed E-state index contributed by atoms with van der Waals surface area (Å²) < 4.78 is 11.4. The molecule has 1 atom stereocenters. The minimum absolute atomic E-state index is 0.0688. The molecule has 0 aromatic heterocycles. The van der Waals surface area contributed by atoms with Gasteiger partial charge in [0, 0.05) is 11.1 Å². The molecule has 3 aromatic carbocycles. The lowest BCUT2D eigenvalue weighted by Crippen LogP contribution is -2.26. The van der Waals surface area contributed by atoms with Crippen LogP contribution in [0, 0.1) is 6.92 Å². The Hall–Kier alpha value is -3.60. The van der Waals surface area contributed by atoms with Gasteiger partial charge >= 0.3 is 0 Å². The summed E-state index contributed by atoms with van der Waals surface area (Å²) in [4.78, 5) is 24.8. The van der Waals surface area contributed by atoms with Gasteiger partial charge in [0.05, 0.1) is 12.8 Å². The Balaban J connectivity index is 1.92. The number of Topliss-reactive ketones (excluding diaryl/α,β-unsaturated/α-hetero) is 1. The maximum atomic E-state index is 13.2. The number of aryl methyl sites for hydroxylation is 1.